The SMILES string of the molecule is CS(=O)(=O)NC1(NS(C)(=O)=O)C=CC(C2CCC(N3CC(NC(=O)CNC(=O)c4cccc(C(F)(F)F)c4)C3)CC2)=CC1. The summed E-state index contributed by atoms with van der Waals surface area (Å²) in [6, 6.07) is 4.26. The molecule has 238 valence electrons. The topological polar surface area (TPSA) is 154 Å². The van der Waals surface area contributed by atoms with E-state index in [-0.39, 0.29) is 30.5 Å². The molecule has 0 unspecified atom stereocenters. The van der Waals surface area contributed by atoms with E-state index in [1.54, 1.807) is 12.2 Å². The van der Waals surface area contributed by atoms with Crippen LogP contribution in [0.4, 0.5) is 13.2 Å². The van der Waals surface area contributed by atoms with Gasteiger partial charge in [0.25, 0.3) is 5.91 Å². The van der Waals surface area contributed by atoms with E-state index in [0.717, 1.165) is 62.0 Å². The Hall–Kier alpha value is -2.79. The van der Waals surface area contributed by atoms with Gasteiger partial charge < -0.3 is 10.6 Å². The van der Waals surface area contributed by atoms with Crippen molar-refractivity contribution in [3.05, 3.63) is 59.2 Å². The van der Waals surface area contributed by atoms with Gasteiger partial charge >= 0.3 is 6.18 Å². The zero-order valence-electron chi connectivity index (χ0n) is 23.8. The van der Waals surface area contributed by atoms with E-state index < -0.39 is 49.3 Å². The van der Waals surface area contributed by atoms with E-state index in [1.165, 1.54) is 6.07 Å². The summed E-state index contributed by atoms with van der Waals surface area (Å²) < 4.78 is 90.9. The zero-order valence-corrected chi connectivity index (χ0v) is 25.4. The molecule has 0 aromatic heterocycles. The smallest absolute Gasteiger partial charge is 0.349 e. The van der Waals surface area contributed by atoms with Crippen molar-refractivity contribution in [3.63, 3.8) is 0 Å². The number of likely N-dealkylation sites (tertiary alicyclic amines) is 1. The van der Waals surface area contributed by atoms with Crippen LogP contribution >= 0.6 is 0 Å². The lowest BCUT2D eigenvalue weighted by atomic mass is 9.78. The molecule has 2 amide bonds. The van der Waals surface area contributed by atoms with Crippen LogP contribution < -0.4 is 20.1 Å². The normalized spacial score (nSPS) is 23.2. The van der Waals surface area contributed by atoms with Gasteiger partial charge in [0.15, 0.2) is 0 Å². The van der Waals surface area contributed by atoms with Gasteiger partial charge in [-0.25, -0.2) is 16.8 Å². The van der Waals surface area contributed by atoms with Gasteiger partial charge in [-0.15, -0.1) is 0 Å². The Kier molecular flexibility index (Phi) is 9.76. The van der Waals surface area contributed by atoms with Gasteiger partial charge in [-0.05, 0) is 61.4 Å². The lowest BCUT2D eigenvalue weighted by Crippen LogP contribution is -2.63. The second kappa shape index (κ2) is 12.7. The highest BCUT2D eigenvalue weighted by atomic mass is 32.2. The van der Waals surface area contributed by atoms with Gasteiger partial charge in [-0.1, -0.05) is 18.2 Å². The number of hydrogen-bond donors (Lipinski definition) is 4. The van der Waals surface area contributed by atoms with Crippen LogP contribution in [-0.4, -0.2) is 83.4 Å². The van der Waals surface area contributed by atoms with Crippen molar-refractivity contribution in [2.75, 3.05) is 32.1 Å². The van der Waals surface area contributed by atoms with Crippen LogP contribution in [0.5, 0.6) is 0 Å². The van der Waals surface area contributed by atoms with Gasteiger partial charge in [-0.3, -0.25) is 14.5 Å². The fourth-order valence-electron chi connectivity index (χ4n) is 5.84. The molecule has 11 nitrogen and oxygen atoms in total. The van der Waals surface area contributed by atoms with Crippen LogP contribution in [0, 0.1) is 5.92 Å². The maximum absolute atomic E-state index is 12.9. The molecule has 0 atom stereocenters. The number of hydrogen-bond acceptors (Lipinski definition) is 7. The number of carbonyl (C=O) groups is 2. The number of alkyl halides is 3. The molecule has 1 aliphatic heterocycles. The second-order valence-electron chi connectivity index (χ2n) is 11.4. The first kappa shape index (κ1) is 33.1. The van der Waals surface area contributed by atoms with E-state index in [1.807, 2.05) is 6.08 Å². The minimum absolute atomic E-state index is 0.0857. The summed E-state index contributed by atoms with van der Waals surface area (Å²) in [6.45, 7) is 0.962. The van der Waals surface area contributed by atoms with Crippen LogP contribution in [-0.2, 0) is 31.0 Å². The summed E-state index contributed by atoms with van der Waals surface area (Å²) in [4.78, 5) is 26.8. The first-order valence-electron chi connectivity index (χ1n) is 13.8. The maximum Gasteiger partial charge on any atom is 0.416 e. The van der Waals surface area contributed by atoms with E-state index in [2.05, 4.69) is 25.0 Å². The molecular formula is C27H36F3N5O6S2. The molecule has 2 aliphatic carbocycles. The lowest BCUT2D eigenvalue weighted by molar-refractivity contribution is -0.137. The number of sulfonamides is 2. The van der Waals surface area contributed by atoms with Crippen molar-refractivity contribution in [1.29, 1.82) is 0 Å². The number of amides is 2. The van der Waals surface area contributed by atoms with Gasteiger partial charge in [0, 0.05) is 31.1 Å². The molecule has 3 aliphatic rings. The number of nitrogens with one attached hydrogen (secondary N) is 4. The zero-order chi connectivity index (χ0) is 31.6. The monoisotopic (exact) mass is 647 g/mol. The van der Waals surface area contributed by atoms with Gasteiger partial charge in [0.05, 0.1) is 30.7 Å². The van der Waals surface area contributed by atoms with Crippen molar-refractivity contribution in [3.8, 4) is 0 Å². The highest BCUT2D eigenvalue weighted by molar-refractivity contribution is 7.89. The van der Waals surface area contributed by atoms with Gasteiger partial charge in [0.1, 0.15) is 5.66 Å². The standard InChI is InChI=1S/C27H36F3N5O6S2/c1-42(38,39)33-26(34-43(2,40)41)12-10-19(11-13-26)18-6-8-23(9-7-18)35-16-22(17-35)32-24(36)15-31-25(37)20-4-3-5-21(14-20)27(28,29)30/h3-5,10-12,14,18,22-23,33-34H,6-9,13,15-17H2,1-2H3,(H,31,37)(H,32,36). The average molecular weight is 648 g/mol. The summed E-state index contributed by atoms with van der Waals surface area (Å²) in [7, 11) is -7.38. The molecule has 1 aromatic carbocycles. The summed E-state index contributed by atoms with van der Waals surface area (Å²) >= 11 is 0. The van der Waals surface area contributed by atoms with Crippen LogP contribution in [0.2, 0.25) is 0 Å². The Balaban J connectivity index is 1.19. The number of allylic oxidation sites excluding steroid dienone is 2. The summed E-state index contributed by atoms with van der Waals surface area (Å²) in [5.41, 5.74) is -1.52. The number of nitrogens with zero attached hydrogens (tertiary/aromatic N) is 1. The molecule has 1 saturated carbocycles. The van der Waals surface area contributed by atoms with Crippen LogP contribution in [0.25, 0.3) is 0 Å². The maximum atomic E-state index is 12.9. The Morgan fingerprint density at radius 1 is 1.00 bits per heavy atom. The third-order valence-corrected chi connectivity index (χ3v) is 9.25. The molecule has 1 heterocycles. The summed E-state index contributed by atoms with van der Waals surface area (Å²) in [5.74, 6) is -0.920. The van der Waals surface area contributed by atoms with Crippen molar-refractivity contribution in [2.45, 2.75) is 56.0 Å². The first-order chi connectivity index (χ1) is 19.9. The fraction of sp³-hybridized carbons (Fsp3) is 0.556. The van der Waals surface area contributed by atoms with Crippen molar-refractivity contribution in [1.82, 2.24) is 25.0 Å². The molecule has 1 saturated heterocycles. The van der Waals surface area contributed by atoms with Crippen molar-refractivity contribution in [2.24, 2.45) is 5.92 Å². The minimum Gasteiger partial charge on any atom is -0.349 e. The number of carbonyl (C=O) groups excluding carboxylic acids is 2. The predicted octanol–water partition coefficient (Wildman–Crippen LogP) is 1.48. The van der Waals surface area contributed by atoms with Crippen LogP contribution in [0.1, 0.15) is 48.0 Å². The first-order valence-corrected chi connectivity index (χ1v) is 17.6. The molecule has 0 radical (unpaired) electrons. The fourth-order valence-corrected chi connectivity index (χ4v) is 7.64. The van der Waals surface area contributed by atoms with Crippen molar-refractivity contribution < 1.29 is 39.6 Å². The summed E-state index contributed by atoms with van der Waals surface area (Å²) in [6.07, 6.45) is 6.41. The molecule has 2 fully saturated rings. The molecule has 43 heavy (non-hydrogen) atoms. The Morgan fingerprint density at radius 3 is 2.16 bits per heavy atom. The predicted molar refractivity (Wildman–Crippen MR) is 154 cm³/mol. The molecule has 16 heteroatoms. The van der Waals surface area contributed by atoms with Crippen LogP contribution in [0.15, 0.2) is 48.1 Å². The van der Waals surface area contributed by atoms with E-state index in [4.69, 9.17) is 0 Å². The molecule has 0 spiro atoms. The second-order valence-corrected chi connectivity index (χ2v) is 14.9. The quantitative estimate of drug-likeness (QED) is 0.281. The molecule has 4 rings (SSSR count). The lowest BCUT2D eigenvalue weighted by Gasteiger charge is -2.47. The number of rotatable bonds is 10. The van der Waals surface area contributed by atoms with Gasteiger partial charge in [-0.2, -0.15) is 22.6 Å². The Labute approximate surface area is 249 Å². The minimum atomic E-state index is -4.57. The third kappa shape index (κ3) is 9.35. The number of halogens is 3. The molecule has 0 bridgehead atoms. The summed E-state index contributed by atoms with van der Waals surface area (Å²) in [5, 5.41) is 5.20. The van der Waals surface area contributed by atoms with E-state index >= 15 is 0 Å². The largest absolute Gasteiger partial charge is 0.416 e. The number of benzene rings is 1. The van der Waals surface area contributed by atoms with Crippen LogP contribution in [0.3, 0.4) is 0 Å². The van der Waals surface area contributed by atoms with Crippen molar-refractivity contribution >= 4 is 31.9 Å². The Morgan fingerprint density at radius 2 is 1.63 bits per heavy atom. The Bertz CT molecular complexity index is 1460. The van der Waals surface area contributed by atoms with E-state index in [0.29, 0.717) is 19.1 Å². The highest BCUT2D eigenvalue weighted by Crippen LogP contribution is 2.36. The third-order valence-electron chi connectivity index (χ3n) is 7.78. The molecular weight excluding hydrogens is 611 g/mol. The van der Waals surface area contributed by atoms with E-state index in [9.17, 15) is 39.6 Å². The average Bonchev–Trinajstić information content (AvgIpc) is 2.87. The van der Waals surface area contributed by atoms with Gasteiger partial charge in [0.2, 0.25) is 26.0 Å². The molecule has 1 aromatic rings. The molecule has 4 N–H and O–H groups in total. The highest BCUT2D eigenvalue weighted by Gasteiger charge is 2.38.